The van der Waals surface area contributed by atoms with Gasteiger partial charge in [0.15, 0.2) is 0 Å². The number of hydrogen-bond donors (Lipinski definition) is 1. The molecule has 2 fully saturated rings. The second-order valence-electron chi connectivity index (χ2n) is 5.68. The standard InChI is InChI=1S/C15H23N3/c16-10-15(13-5-3-8-17-11-13)18-9-7-12-4-1-2-6-14(12)18/h3,5,8,11-12,14-15H,1-2,4,6-7,9-10,16H2. The van der Waals surface area contributed by atoms with Gasteiger partial charge in [0, 0.05) is 31.0 Å². The summed E-state index contributed by atoms with van der Waals surface area (Å²) in [6.45, 7) is 1.92. The molecule has 1 aliphatic carbocycles. The maximum absolute atomic E-state index is 6.04. The fourth-order valence-electron chi connectivity index (χ4n) is 3.87. The molecule has 0 amide bonds. The van der Waals surface area contributed by atoms with Crippen LogP contribution in [0.1, 0.15) is 43.7 Å². The largest absolute Gasteiger partial charge is 0.329 e. The van der Waals surface area contributed by atoms with Crippen LogP contribution in [0.3, 0.4) is 0 Å². The molecule has 1 aliphatic heterocycles. The van der Waals surface area contributed by atoms with E-state index in [2.05, 4.69) is 16.0 Å². The fourth-order valence-corrected chi connectivity index (χ4v) is 3.87. The van der Waals surface area contributed by atoms with E-state index >= 15 is 0 Å². The van der Waals surface area contributed by atoms with Crippen molar-refractivity contribution in [1.82, 2.24) is 9.88 Å². The summed E-state index contributed by atoms with van der Waals surface area (Å²) in [6.07, 6.45) is 10.8. The molecule has 18 heavy (non-hydrogen) atoms. The topological polar surface area (TPSA) is 42.1 Å². The molecular weight excluding hydrogens is 222 g/mol. The van der Waals surface area contributed by atoms with Crippen molar-refractivity contribution >= 4 is 0 Å². The van der Waals surface area contributed by atoms with Crippen LogP contribution in [0.15, 0.2) is 24.5 Å². The zero-order valence-electron chi connectivity index (χ0n) is 11.0. The third-order valence-electron chi connectivity index (χ3n) is 4.75. The van der Waals surface area contributed by atoms with Gasteiger partial charge in [0.05, 0.1) is 0 Å². The fraction of sp³-hybridized carbons (Fsp3) is 0.667. The van der Waals surface area contributed by atoms with Crippen LogP contribution in [-0.2, 0) is 0 Å². The van der Waals surface area contributed by atoms with E-state index in [1.807, 2.05) is 18.5 Å². The Morgan fingerprint density at radius 2 is 2.22 bits per heavy atom. The van der Waals surface area contributed by atoms with Gasteiger partial charge >= 0.3 is 0 Å². The molecule has 2 N–H and O–H groups in total. The van der Waals surface area contributed by atoms with Gasteiger partial charge < -0.3 is 5.73 Å². The Bertz CT molecular complexity index is 379. The minimum Gasteiger partial charge on any atom is -0.329 e. The maximum atomic E-state index is 6.04. The van der Waals surface area contributed by atoms with Crippen LogP contribution < -0.4 is 5.73 Å². The minimum absolute atomic E-state index is 0.367. The first-order valence-corrected chi connectivity index (χ1v) is 7.26. The Morgan fingerprint density at radius 1 is 1.33 bits per heavy atom. The second kappa shape index (κ2) is 5.37. The van der Waals surface area contributed by atoms with Gasteiger partial charge in [-0.25, -0.2) is 0 Å². The highest BCUT2D eigenvalue weighted by atomic mass is 15.2. The minimum atomic E-state index is 0.367. The molecular formula is C15H23N3. The highest BCUT2D eigenvalue weighted by molar-refractivity contribution is 5.16. The van der Waals surface area contributed by atoms with Gasteiger partial charge in [0.2, 0.25) is 0 Å². The lowest BCUT2D eigenvalue weighted by Crippen LogP contribution is -2.40. The predicted octanol–water partition coefficient (Wildman–Crippen LogP) is 2.35. The number of nitrogens with zero attached hydrogens (tertiary/aromatic N) is 2. The van der Waals surface area contributed by atoms with Gasteiger partial charge in [-0.3, -0.25) is 9.88 Å². The van der Waals surface area contributed by atoms with E-state index in [0.717, 1.165) is 12.0 Å². The van der Waals surface area contributed by atoms with E-state index in [-0.39, 0.29) is 0 Å². The van der Waals surface area contributed by atoms with E-state index < -0.39 is 0 Å². The van der Waals surface area contributed by atoms with Crippen LogP contribution in [0.4, 0.5) is 0 Å². The average Bonchev–Trinajstić information content (AvgIpc) is 2.85. The molecule has 0 radical (unpaired) electrons. The molecule has 3 unspecified atom stereocenters. The number of likely N-dealkylation sites (tertiary alicyclic amines) is 1. The normalized spacial score (nSPS) is 30.1. The third kappa shape index (κ3) is 2.17. The van der Waals surface area contributed by atoms with Crippen molar-refractivity contribution in [2.45, 2.75) is 44.2 Å². The molecule has 3 rings (SSSR count). The van der Waals surface area contributed by atoms with Crippen molar-refractivity contribution in [2.75, 3.05) is 13.1 Å². The second-order valence-corrected chi connectivity index (χ2v) is 5.68. The summed E-state index contributed by atoms with van der Waals surface area (Å²) in [6, 6.07) is 5.33. The Balaban J connectivity index is 1.80. The molecule has 3 atom stereocenters. The van der Waals surface area contributed by atoms with Crippen molar-refractivity contribution in [3.63, 3.8) is 0 Å². The molecule has 0 spiro atoms. The highest BCUT2D eigenvalue weighted by Gasteiger charge is 2.38. The molecule has 2 aliphatic rings. The third-order valence-corrected chi connectivity index (χ3v) is 4.75. The molecule has 1 saturated heterocycles. The first-order valence-electron chi connectivity index (χ1n) is 7.26. The monoisotopic (exact) mass is 245 g/mol. The van der Waals surface area contributed by atoms with Crippen LogP contribution in [0.2, 0.25) is 0 Å². The van der Waals surface area contributed by atoms with Crippen molar-refractivity contribution < 1.29 is 0 Å². The summed E-state index contributed by atoms with van der Waals surface area (Å²) in [5.74, 6) is 0.921. The maximum Gasteiger partial charge on any atom is 0.0488 e. The van der Waals surface area contributed by atoms with Gasteiger partial charge in [-0.2, -0.15) is 0 Å². The zero-order valence-corrected chi connectivity index (χ0v) is 11.0. The van der Waals surface area contributed by atoms with Crippen LogP contribution in [0.5, 0.6) is 0 Å². The number of aromatic nitrogens is 1. The van der Waals surface area contributed by atoms with Crippen molar-refractivity contribution in [3.05, 3.63) is 30.1 Å². The number of hydrogen-bond acceptors (Lipinski definition) is 3. The molecule has 3 heteroatoms. The number of pyridine rings is 1. The molecule has 1 aromatic rings. The summed E-state index contributed by atoms with van der Waals surface area (Å²) >= 11 is 0. The quantitative estimate of drug-likeness (QED) is 0.889. The summed E-state index contributed by atoms with van der Waals surface area (Å²) in [4.78, 5) is 6.90. The summed E-state index contributed by atoms with van der Waals surface area (Å²) in [7, 11) is 0. The van der Waals surface area contributed by atoms with Gasteiger partial charge in [-0.1, -0.05) is 18.9 Å². The van der Waals surface area contributed by atoms with E-state index in [4.69, 9.17) is 5.73 Å². The lowest BCUT2D eigenvalue weighted by atomic mass is 9.84. The molecule has 3 nitrogen and oxygen atoms in total. The zero-order chi connectivity index (χ0) is 12.4. The SMILES string of the molecule is NCC(c1cccnc1)N1CCC2CCCCC21. The first-order chi connectivity index (χ1) is 8.90. The van der Waals surface area contributed by atoms with Crippen LogP contribution in [-0.4, -0.2) is 29.0 Å². The highest BCUT2D eigenvalue weighted by Crippen LogP contribution is 2.40. The molecule has 0 aromatic carbocycles. The van der Waals surface area contributed by atoms with Crippen LogP contribution >= 0.6 is 0 Å². The van der Waals surface area contributed by atoms with E-state index in [9.17, 15) is 0 Å². The lowest BCUT2D eigenvalue weighted by molar-refractivity contribution is 0.135. The Labute approximate surface area is 109 Å². The summed E-state index contributed by atoms with van der Waals surface area (Å²) in [5.41, 5.74) is 7.32. The van der Waals surface area contributed by atoms with E-state index in [0.29, 0.717) is 12.6 Å². The predicted molar refractivity (Wildman–Crippen MR) is 73.1 cm³/mol. The number of rotatable bonds is 3. The molecule has 2 heterocycles. The van der Waals surface area contributed by atoms with Crippen molar-refractivity contribution in [2.24, 2.45) is 11.7 Å². The molecule has 1 aromatic heterocycles. The van der Waals surface area contributed by atoms with E-state index in [1.54, 1.807) is 0 Å². The Morgan fingerprint density at radius 3 is 3.00 bits per heavy atom. The molecule has 1 saturated carbocycles. The first kappa shape index (κ1) is 12.1. The van der Waals surface area contributed by atoms with Gasteiger partial charge in [0.1, 0.15) is 0 Å². The van der Waals surface area contributed by atoms with Gasteiger partial charge in [-0.15, -0.1) is 0 Å². The van der Waals surface area contributed by atoms with Crippen LogP contribution in [0.25, 0.3) is 0 Å². The van der Waals surface area contributed by atoms with Crippen LogP contribution in [0, 0.1) is 5.92 Å². The lowest BCUT2D eigenvalue weighted by Gasteiger charge is -2.36. The van der Waals surface area contributed by atoms with Crippen molar-refractivity contribution in [3.8, 4) is 0 Å². The summed E-state index contributed by atoms with van der Waals surface area (Å²) in [5, 5.41) is 0. The molecule has 98 valence electrons. The Hall–Kier alpha value is -0.930. The molecule has 0 bridgehead atoms. The van der Waals surface area contributed by atoms with Gasteiger partial charge in [-0.05, 0) is 43.4 Å². The van der Waals surface area contributed by atoms with Gasteiger partial charge in [0.25, 0.3) is 0 Å². The average molecular weight is 245 g/mol. The number of nitrogens with two attached hydrogens (primary N) is 1. The summed E-state index contributed by atoms with van der Waals surface area (Å²) < 4.78 is 0. The van der Waals surface area contributed by atoms with Crippen molar-refractivity contribution in [1.29, 1.82) is 0 Å². The van der Waals surface area contributed by atoms with E-state index in [1.165, 1.54) is 44.2 Å². The smallest absolute Gasteiger partial charge is 0.0488 e. The number of fused-ring (bicyclic) bond motifs is 1. The Kier molecular flexibility index (Phi) is 3.62.